The Hall–Kier alpha value is -3.63. The minimum atomic E-state index is -4.10. The van der Waals surface area contributed by atoms with Gasteiger partial charge in [0.2, 0.25) is 21.4 Å². The van der Waals surface area contributed by atoms with Crippen molar-refractivity contribution in [3.63, 3.8) is 0 Å². The summed E-state index contributed by atoms with van der Waals surface area (Å²) in [6.07, 6.45) is 0. The van der Waals surface area contributed by atoms with E-state index in [1.54, 1.807) is 42.5 Å². The summed E-state index contributed by atoms with van der Waals surface area (Å²) in [4.78, 5) is 21.0. The molecule has 1 aromatic heterocycles. The minimum absolute atomic E-state index is 0.0324. The summed E-state index contributed by atoms with van der Waals surface area (Å²) in [5, 5.41) is -0.305. The molecule has 0 aliphatic heterocycles. The molecule has 0 bridgehead atoms. The van der Waals surface area contributed by atoms with E-state index in [-0.39, 0.29) is 38.5 Å². The Morgan fingerprint density at radius 3 is 2.03 bits per heavy atom. The van der Waals surface area contributed by atoms with Gasteiger partial charge in [-0.25, -0.2) is 13.4 Å². The van der Waals surface area contributed by atoms with Gasteiger partial charge in [-0.1, -0.05) is 46.3 Å². The fraction of sp³-hybridized carbons (Fsp3) is 0.120. The normalized spacial score (nSPS) is 11.2. The Bertz CT molecular complexity index is 1460. The summed E-state index contributed by atoms with van der Waals surface area (Å²) in [7, 11) is 0.207. The zero-order valence-corrected chi connectivity index (χ0v) is 21.4. The number of ketones is 1. The average molecular weight is 557 g/mol. The molecule has 0 saturated carbocycles. The van der Waals surface area contributed by atoms with Gasteiger partial charge in [-0.2, -0.15) is 0 Å². The second-order valence-corrected chi connectivity index (χ2v) is 10.1. The first kappa shape index (κ1) is 24.5. The Labute approximate surface area is 210 Å². The maximum atomic E-state index is 13.7. The number of ether oxygens (including phenoxy) is 3. The number of halogens is 1. The SMILES string of the molecule is COc1cc(C(=O)c2nc(-c3ccc(Br)cc3)[nH]c2S(=O)(=O)c2ccccc2)cc(OC)c1OC. The Morgan fingerprint density at radius 2 is 1.49 bits per heavy atom. The van der Waals surface area contributed by atoms with Crippen LogP contribution in [-0.2, 0) is 9.84 Å². The molecule has 10 heteroatoms. The molecule has 35 heavy (non-hydrogen) atoms. The van der Waals surface area contributed by atoms with Crippen molar-refractivity contribution in [3.8, 4) is 28.6 Å². The number of methoxy groups -OCH3 is 3. The quantitative estimate of drug-likeness (QED) is 0.306. The van der Waals surface area contributed by atoms with Crippen LogP contribution in [0.5, 0.6) is 17.2 Å². The summed E-state index contributed by atoms with van der Waals surface area (Å²) >= 11 is 3.38. The smallest absolute Gasteiger partial charge is 0.224 e. The average Bonchev–Trinajstić information content (AvgIpc) is 3.34. The molecule has 4 rings (SSSR count). The Morgan fingerprint density at radius 1 is 0.886 bits per heavy atom. The number of nitrogens with one attached hydrogen (secondary N) is 1. The van der Waals surface area contributed by atoms with Gasteiger partial charge in [-0.15, -0.1) is 0 Å². The largest absolute Gasteiger partial charge is 0.493 e. The van der Waals surface area contributed by atoms with Gasteiger partial charge >= 0.3 is 0 Å². The number of sulfone groups is 1. The fourth-order valence-corrected chi connectivity index (χ4v) is 5.16. The lowest BCUT2D eigenvalue weighted by Gasteiger charge is -2.13. The highest BCUT2D eigenvalue weighted by Crippen LogP contribution is 2.39. The van der Waals surface area contributed by atoms with E-state index in [4.69, 9.17) is 14.2 Å². The molecule has 0 amide bonds. The van der Waals surface area contributed by atoms with Crippen molar-refractivity contribution < 1.29 is 27.4 Å². The molecule has 8 nitrogen and oxygen atoms in total. The van der Waals surface area contributed by atoms with Crippen molar-refractivity contribution in [2.75, 3.05) is 21.3 Å². The number of aromatic amines is 1. The molecule has 180 valence electrons. The zero-order valence-electron chi connectivity index (χ0n) is 19.0. The monoisotopic (exact) mass is 556 g/mol. The fourth-order valence-electron chi connectivity index (χ4n) is 3.52. The van der Waals surface area contributed by atoms with E-state index in [9.17, 15) is 13.2 Å². The van der Waals surface area contributed by atoms with E-state index >= 15 is 0 Å². The second-order valence-electron chi connectivity index (χ2n) is 7.33. The number of nitrogens with zero attached hydrogens (tertiary/aromatic N) is 1. The maximum absolute atomic E-state index is 13.7. The van der Waals surface area contributed by atoms with E-state index in [1.165, 1.54) is 45.6 Å². The van der Waals surface area contributed by atoms with E-state index in [1.807, 2.05) is 0 Å². The van der Waals surface area contributed by atoms with Crippen LogP contribution in [0.3, 0.4) is 0 Å². The highest BCUT2D eigenvalue weighted by molar-refractivity contribution is 9.10. The van der Waals surface area contributed by atoms with Crippen molar-refractivity contribution in [2.45, 2.75) is 9.92 Å². The Balaban J connectivity index is 1.92. The molecule has 0 aliphatic carbocycles. The maximum Gasteiger partial charge on any atom is 0.224 e. The molecule has 0 unspecified atom stereocenters. The van der Waals surface area contributed by atoms with Crippen molar-refractivity contribution in [2.24, 2.45) is 0 Å². The predicted octanol–water partition coefficient (Wildman–Crippen LogP) is 4.93. The zero-order chi connectivity index (χ0) is 25.2. The van der Waals surface area contributed by atoms with Gasteiger partial charge in [0.1, 0.15) is 11.5 Å². The number of benzene rings is 3. The first-order valence-corrected chi connectivity index (χ1v) is 12.6. The van der Waals surface area contributed by atoms with Crippen LogP contribution in [0.1, 0.15) is 16.1 Å². The summed E-state index contributed by atoms with van der Waals surface area (Å²) < 4.78 is 43.9. The number of rotatable bonds is 8. The molecule has 0 saturated heterocycles. The Kier molecular flexibility index (Phi) is 6.95. The number of H-pyrrole nitrogens is 1. The lowest BCUT2D eigenvalue weighted by molar-refractivity contribution is 0.103. The molecule has 3 aromatic carbocycles. The molecular formula is C25H21BrN2O6S. The van der Waals surface area contributed by atoms with Gasteiger partial charge in [-0.3, -0.25) is 4.79 Å². The molecule has 0 fully saturated rings. The third-order valence-corrected chi connectivity index (χ3v) is 7.51. The van der Waals surface area contributed by atoms with Crippen molar-refractivity contribution in [1.29, 1.82) is 0 Å². The number of aromatic nitrogens is 2. The highest BCUT2D eigenvalue weighted by atomic mass is 79.9. The van der Waals surface area contributed by atoms with E-state index in [0.717, 1.165) is 4.47 Å². The van der Waals surface area contributed by atoms with Crippen LogP contribution in [0.4, 0.5) is 0 Å². The number of hydrogen-bond donors (Lipinski definition) is 1. The third-order valence-electron chi connectivity index (χ3n) is 5.25. The lowest BCUT2D eigenvalue weighted by Crippen LogP contribution is -2.11. The van der Waals surface area contributed by atoms with E-state index in [2.05, 4.69) is 25.9 Å². The van der Waals surface area contributed by atoms with Gasteiger partial charge in [-0.05, 0) is 36.4 Å². The van der Waals surface area contributed by atoms with Crippen LogP contribution in [0.2, 0.25) is 0 Å². The van der Waals surface area contributed by atoms with E-state index < -0.39 is 15.6 Å². The third kappa shape index (κ3) is 4.67. The van der Waals surface area contributed by atoms with Crippen LogP contribution in [0.25, 0.3) is 11.4 Å². The molecule has 0 aliphatic rings. The van der Waals surface area contributed by atoms with Gasteiger partial charge in [0.25, 0.3) is 0 Å². The molecule has 1 N–H and O–H groups in total. The first-order valence-electron chi connectivity index (χ1n) is 10.3. The number of imidazole rings is 1. The summed E-state index contributed by atoms with van der Waals surface area (Å²) in [5.41, 5.74) is 0.487. The number of hydrogen-bond acceptors (Lipinski definition) is 7. The van der Waals surface area contributed by atoms with Crippen LogP contribution < -0.4 is 14.2 Å². The molecular weight excluding hydrogens is 536 g/mol. The molecule has 0 radical (unpaired) electrons. The summed E-state index contributed by atoms with van der Waals surface area (Å²) in [5.74, 6) is 0.431. The van der Waals surface area contributed by atoms with E-state index in [0.29, 0.717) is 11.3 Å². The first-order chi connectivity index (χ1) is 16.8. The van der Waals surface area contributed by atoms with Gasteiger partial charge in [0.05, 0.1) is 26.2 Å². The molecule has 0 atom stereocenters. The molecule has 0 spiro atoms. The highest BCUT2D eigenvalue weighted by Gasteiger charge is 2.31. The molecule has 1 heterocycles. The van der Waals surface area contributed by atoms with Crippen molar-refractivity contribution in [1.82, 2.24) is 9.97 Å². The van der Waals surface area contributed by atoms with Gasteiger partial charge < -0.3 is 19.2 Å². The second kappa shape index (κ2) is 9.93. The predicted molar refractivity (Wildman–Crippen MR) is 133 cm³/mol. The van der Waals surface area contributed by atoms with Gasteiger partial charge in [0.15, 0.2) is 16.5 Å². The van der Waals surface area contributed by atoms with Crippen LogP contribution in [0, 0.1) is 0 Å². The van der Waals surface area contributed by atoms with Crippen LogP contribution >= 0.6 is 15.9 Å². The number of carbonyl (C=O) groups is 1. The standard InChI is InChI=1S/C25H21BrN2O6S/c1-32-19-13-16(14-20(33-2)23(19)34-3)22(29)21-25(35(30,31)18-7-5-4-6-8-18)28-24(27-21)15-9-11-17(26)12-10-15/h4-14H,1-3H3,(H,27,28). The van der Waals surface area contributed by atoms with Gasteiger partial charge in [0, 0.05) is 15.6 Å². The molecule has 4 aromatic rings. The summed E-state index contributed by atoms with van der Waals surface area (Å²) in [6, 6.07) is 17.9. The summed E-state index contributed by atoms with van der Waals surface area (Å²) in [6.45, 7) is 0. The van der Waals surface area contributed by atoms with Crippen molar-refractivity contribution >= 4 is 31.6 Å². The van der Waals surface area contributed by atoms with Crippen LogP contribution in [0.15, 0.2) is 81.1 Å². The van der Waals surface area contributed by atoms with Crippen molar-refractivity contribution in [3.05, 3.63) is 82.5 Å². The lowest BCUT2D eigenvalue weighted by atomic mass is 10.1. The minimum Gasteiger partial charge on any atom is -0.493 e. The number of carbonyl (C=O) groups excluding carboxylic acids is 1. The van der Waals surface area contributed by atoms with Crippen LogP contribution in [-0.4, -0.2) is 45.5 Å². The topological polar surface area (TPSA) is 108 Å².